The number of carbonyl (C=O) groups excluding carboxylic acids is 1. The number of carbonyl (C=O) groups is 2. The summed E-state index contributed by atoms with van der Waals surface area (Å²) in [4.78, 5) is 24.0. The molecule has 0 fully saturated rings. The highest BCUT2D eigenvalue weighted by Crippen LogP contribution is 2.29. The molecule has 0 radical (unpaired) electrons. The van der Waals surface area contributed by atoms with Crippen LogP contribution in [0.3, 0.4) is 0 Å². The topological polar surface area (TPSA) is 84.8 Å². The van der Waals surface area contributed by atoms with Crippen LogP contribution in [0, 0.1) is 6.92 Å². The van der Waals surface area contributed by atoms with E-state index in [1.54, 1.807) is 34.9 Å². The van der Waals surface area contributed by atoms with Crippen LogP contribution in [-0.4, -0.2) is 21.3 Å². The summed E-state index contributed by atoms with van der Waals surface area (Å²) in [5.74, 6) is -1.20. The lowest BCUT2D eigenvalue weighted by molar-refractivity contribution is -0.136. The van der Waals surface area contributed by atoms with Crippen LogP contribution >= 0.6 is 0 Å². The third kappa shape index (κ3) is 2.57. The van der Waals surface area contributed by atoms with E-state index >= 15 is 0 Å². The Hall–Kier alpha value is -3.08. The van der Waals surface area contributed by atoms with Crippen LogP contribution in [0.15, 0.2) is 48.7 Å². The van der Waals surface area contributed by atoms with Crippen molar-refractivity contribution in [3.05, 3.63) is 71.0 Å². The Balaban J connectivity index is 2.27. The van der Waals surface area contributed by atoms with Crippen LogP contribution in [0.25, 0.3) is 5.52 Å². The Bertz CT molecular complexity index is 911. The van der Waals surface area contributed by atoms with Gasteiger partial charge in [-0.1, -0.05) is 30.3 Å². The third-order valence-corrected chi connectivity index (χ3v) is 3.82. The van der Waals surface area contributed by atoms with E-state index < -0.39 is 5.97 Å². The smallest absolute Gasteiger partial charge is 0.309 e. The second-order valence-electron chi connectivity index (χ2n) is 5.46. The van der Waals surface area contributed by atoms with Gasteiger partial charge in [-0.2, -0.15) is 0 Å². The van der Waals surface area contributed by atoms with Crippen molar-refractivity contribution in [1.29, 1.82) is 0 Å². The number of pyridine rings is 1. The fourth-order valence-electron chi connectivity index (χ4n) is 2.74. The minimum Gasteiger partial charge on any atom is -0.481 e. The molecule has 2 aromatic heterocycles. The molecule has 5 nitrogen and oxygen atoms in total. The van der Waals surface area contributed by atoms with Gasteiger partial charge in [0.15, 0.2) is 5.78 Å². The van der Waals surface area contributed by atoms with Crippen molar-refractivity contribution in [3.63, 3.8) is 0 Å². The molecule has 0 aliphatic carbocycles. The van der Waals surface area contributed by atoms with Crippen LogP contribution in [0.4, 0.5) is 5.69 Å². The number of nitrogens with zero attached hydrogens (tertiary/aromatic N) is 1. The lowest BCUT2D eigenvalue weighted by atomic mass is 10.0. The van der Waals surface area contributed by atoms with E-state index in [0.29, 0.717) is 22.3 Å². The number of fused-ring (bicyclic) bond motifs is 1. The number of benzene rings is 1. The first-order valence-corrected chi connectivity index (χ1v) is 7.19. The van der Waals surface area contributed by atoms with Crippen molar-refractivity contribution in [2.45, 2.75) is 13.3 Å². The normalized spacial score (nSPS) is 10.8. The number of anilines is 1. The zero-order chi connectivity index (χ0) is 16.6. The van der Waals surface area contributed by atoms with Gasteiger partial charge in [0.1, 0.15) is 0 Å². The Morgan fingerprint density at radius 1 is 1.17 bits per heavy atom. The van der Waals surface area contributed by atoms with Crippen molar-refractivity contribution in [2.24, 2.45) is 0 Å². The molecule has 0 spiro atoms. The first-order valence-electron chi connectivity index (χ1n) is 7.19. The fourth-order valence-corrected chi connectivity index (χ4v) is 2.74. The molecule has 0 atom stereocenters. The number of rotatable bonds is 4. The molecule has 2 heterocycles. The lowest BCUT2D eigenvalue weighted by Gasteiger charge is -2.02. The number of aromatic nitrogens is 1. The van der Waals surface area contributed by atoms with Gasteiger partial charge in [0.25, 0.3) is 0 Å². The van der Waals surface area contributed by atoms with Crippen molar-refractivity contribution < 1.29 is 14.7 Å². The van der Waals surface area contributed by atoms with Gasteiger partial charge in [-0.25, -0.2) is 0 Å². The molecular formula is C18H16N2O3. The number of ketones is 1. The lowest BCUT2D eigenvalue weighted by Crippen LogP contribution is -2.07. The van der Waals surface area contributed by atoms with Gasteiger partial charge >= 0.3 is 5.97 Å². The SMILES string of the molecule is Cc1ccn2c(CC(=O)O)c(N)c(C(=O)c3ccccc3)c2c1. The summed E-state index contributed by atoms with van der Waals surface area (Å²) in [7, 11) is 0. The van der Waals surface area contributed by atoms with Gasteiger partial charge in [-0.05, 0) is 24.6 Å². The summed E-state index contributed by atoms with van der Waals surface area (Å²) in [6.07, 6.45) is 1.51. The Morgan fingerprint density at radius 2 is 1.87 bits per heavy atom. The van der Waals surface area contributed by atoms with E-state index in [2.05, 4.69) is 0 Å². The van der Waals surface area contributed by atoms with Crippen LogP contribution in [-0.2, 0) is 11.2 Å². The Kier molecular flexibility index (Phi) is 3.62. The molecule has 0 unspecified atom stereocenters. The highest BCUT2D eigenvalue weighted by atomic mass is 16.4. The first kappa shape index (κ1) is 14.8. The standard InChI is InChI=1S/C18H16N2O3/c1-11-7-8-20-13(9-11)16(17(19)14(20)10-15(21)22)18(23)12-5-3-2-4-6-12/h2-9H,10,19H2,1H3,(H,21,22). The van der Waals surface area contributed by atoms with Crippen LogP contribution < -0.4 is 5.73 Å². The second kappa shape index (κ2) is 5.61. The molecule has 0 aliphatic rings. The van der Waals surface area contributed by atoms with Gasteiger partial charge in [0, 0.05) is 11.8 Å². The minimum atomic E-state index is -0.990. The number of nitrogen functional groups attached to an aromatic ring is 1. The molecule has 116 valence electrons. The van der Waals surface area contributed by atoms with Crippen molar-refractivity contribution in [2.75, 3.05) is 5.73 Å². The van der Waals surface area contributed by atoms with Crippen molar-refractivity contribution >= 4 is 23.0 Å². The molecular weight excluding hydrogens is 292 g/mol. The van der Waals surface area contributed by atoms with Gasteiger partial charge < -0.3 is 15.2 Å². The minimum absolute atomic E-state index is 0.206. The van der Waals surface area contributed by atoms with Crippen LogP contribution in [0.5, 0.6) is 0 Å². The summed E-state index contributed by atoms with van der Waals surface area (Å²) in [6, 6.07) is 12.5. The maximum absolute atomic E-state index is 12.9. The van der Waals surface area contributed by atoms with E-state index in [0.717, 1.165) is 5.56 Å². The predicted molar refractivity (Wildman–Crippen MR) is 87.8 cm³/mol. The van der Waals surface area contributed by atoms with Crippen molar-refractivity contribution in [1.82, 2.24) is 4.40 Å². The maximum Gasteiger partial charge on any atom is 0.309 e. The zero-order valence-electron chi connectivity index (χ0n) is 12.6. The average molecular weight is 308 g/mol. The molecule has 23 heavy (non-hydrogen) atoms. The van der Waals surface area contributed by atoms with E-state index in [9.17, 15) is 9.59 Å². The summed E-state index contributed by atoms with van der Waals surface area (Å²) in [6.45, 7) is 1.91. The van der Waals surface area contributed by atoms with E-state index in [1.165, 1.54) is 0 Å². The molecule has 0 amide bonds. The quantitative estimate of drug-likeness (QED) is 0.726. The van der Waals surface area contributed by atoms with Crippen molar-refractivity contribution in [3.8, 4) is 0 Å². The van der Waals surface area contributed by atoms with E-state index in [1.807, 2.05) is 25.1 Å². The largest absolute Gasteiger partial charge is 0.481 e. The number of carboxylic acid groups (broad SMARTS) is 1. The van der Waals surface area contributed by atoms with E-state index in [4.69, 9.17) is 10.8 Å². The highest BCUT2D eigenvalue weighted by molar-refractivity contribution is 6.17. The molecule has 0 saturated carbocycles. The second-order valence-corrected chi connectivity index (χ2v) is 5.46. The third-order valence-electron chi connectivity index (χ3n) is 3.82. The molecule has 1 aromatic carbocycles. The molecule has 3 rings (SSSR count). The Labute approximate surface area is 133 Å². The molecule has 0 saturated heterocycles. The molecule has 0 bridgehead atoms. The molecule has 3 N–H and O–H groups in total. The number of aliphatic carboxylic acids is 1. The molecule has 0 aliphatic heterocycles. The van der Waals surface area contributed by atoms with Gasteiger partial charge in [-0.15, -0.1) is 0 Å². The van der Waals surface area contributed by atoms with Gasteiger partial charge in [0.2, 0.25) is 0 Å². The average Bonchev–Trinajstić information content (AvgIpc) is 2.79. The molecule has 3 aromatic rings. The number of hydrogen-bond acceptors (Lipinski definition) is 3. The highest BCUT2D eigenvalue weighted by Gasteiger charge is 2.23. The maximum atomic E-state index is 12.9. The summed E-state index contributed by atoms with van der Waals surface area (Å²) in [5, 5.41) is 9.12. The summed E-state index contributed by atoms with van der Waals surface area (Å²) < 4.78 is 1.69. The molecule has 5 heteroatoms. The predicted octanol–water partition coefficient (Wildman–Crippen LogP) is 2.69. The number of aryl methyl sites for hydroxylation is 1. The van der Waals surface area contributed by atoms with Gasteiger partial charge in [-0.3, -0.25) is 9.59 Å². The monoisotopic (exact) mass is 308 g/mol. The van der Waals surface area contributed by atoms with Crippen LogP contribution in [0.2, 0.25) is 0 Å². The van der Waals surface area contributed by atoms with Crippen LogP contribution in [0.1, 0.15) is 27.2 Å². The van der Waals surface area contributed by atoms with Gasteiger partial charge in [0.05, 0.1) is 28.9 Å². The summed E-state index contributed by atoms with van der Waals surface area (Å²) in [5.41, 5.74) is 9.28. The first-order chi connectivity index (χ1) is 11.0. The Morgan fingerprint density at radius 3 is 2.52 bits per heavy atom. The number of hydrogen-bond donors (Lipinski definition) is 2. The zero-order valence-corrected chi connectivity index (χ0v) is 12.6. The fraction of sp³-hybridized carbons (Fsp3) is 0.111. The summed E-state index contributed by atoms with van der Waals surface area (Å²) >= 11 is 0. The van der Waals surface area contributed by atoms with E-state index in [-0.39, 0.29) is 17.9 Å². The number of carboxylic acids is 1. The number of nitrogens with two attached hydrogens (primary N) is 1.